The number of benzene rings is 3. The van der Waals surface area contributed by atoms with Crippen molar-refractivity contribution in [1.82, 2.24) is 0 Å². The summed E-state index contributed by atoms with van der Waals surface area (Å²) in [6, 6.07) is 26.1. The molecule has 0 unspecified atom stereocenters. The van der Waals surface area contributed by atoms with Crippen LogP contribution in [0, 0.1) is 0 Å². The molecule has 0 aromatic heterocycles. The van der Waals surface area contributed by atoms with Crippen molar-refractivity contribution in [3.8, 4) is 5.75 Å². The monoisotopic (exact) mass is 484 g/mol. The van der Waals surface area contributed by atoms with Gasteiger partial charge in [0.05, 0.1) is 0 Å². The van der Waals surface area contributed by atoms with E-state index in [0.717, 1.165) is 22.3 Å². The van der Waals surface area contributed by atoms with Crippen LogP contribution in [0.15, 0.2) is 78.9 Å². The van der Waals surface area contributed by atoms with Crippen LogP contribution in [0.3, 0.4) is 0 Å². The fourth-order valence-electron chi connectivity index (χ4n) is 3.92. The van der Waals surface area contributed by atoms with Crippen LogP contribution in [0.1, 0.15) is 49.9 Å². The first-order valence-corrected chi connectivity index (χ1v) is 12.4. The van der Waals surface area contributed by atoms with Crippen molar-refractivity contribution in [3.05, 3.63) is 101 Å². The molecule has 0 aliphatic heterocycles. The topological polar surface area (TPSA) is 101 Å². The van der Waals surface area contributed by atoms with Crippen LogP contribution in [0.25, 0.3) is 0 Å². The molecule has 0 saturated carbocycles. The van der Waals surface area contributed by atoms with Gasteiger partial charge in [-0.1, -0.05) is 100 Å². The van der Waals surface area contributed by atoms with Gasteiger partial charge in [-0.25, -0.2) is 4.79 Å². The molecule has 0 amide bonds. The first-order valence-electron chi connectivity index (χ1n) is 10.4. The predicted octanol–water partition coefficient (Wildman–Crippen LogP) is 4.21. The summed E-state index contributed by atoms with van der Waals surface area (Å²) in [5.74, 6) is -0.484. The molecule has 2 N–H and O–H groups in total. The van der Waals surface area contributed by atoms with Crippen molar-refractivity contribution in [2.45, 2.75) is 38.5 Å². The molecule has 3 aromatic rings. The molecular formula is C26H28O6Ti. The minimum atomic E-state index is -3.58. The Morgan fingerprint density at radius 3 is 1.70 bits per heavy atom. The Balaban J connectivity index is 0.000000890. The summed E-state index contributed by atoms with van der Waals surface area (Å²) in [5, 5.41) is 0. The third-order valence-electron chi connectivity index (χ3n) is 5.62. The third-order valence-corrected chi connectivity index (χ3v) is 5.62. The van der Waals surface area contributed by atoms with Crippen LogP contribution >= 0.6 is 0 Å². The second-order valence-electron chi connectivity index (χ2n) is 8.48. The van der Waals surface area contributed by atoms with Crippen molar-refractivity contribution < 1.29 is 43.6 Å². The fourth-order valence-corrected chi connectivity index (χ4v) is 3.92. The zero-order chi connectivity index (χ0) is 24.6. The number of aldehydes is 1. The number of carbonyl (C=O) groups excluding carboxylic acids is 2. The van der Waals surface area contributed by atoms with Crippen LogP contribution < -0.4 is 4.74 Å². The fraction of sp³-hybridized carbons (Fsp3) is 0.231. The van der Waals surface area contributed by atoms with Crippen LogP contribution in [0.4, 0.5) is 0 Å². The van der Waals surface area contributed by atoms with Crippen LogP contribution in [-0.2, 0) is 42.4 Å². The van der Waals surface area contributed by atoms with Crippen molar-refractivity contribution in [2.75, 3.05) is 0 Å². The van der Waals surface area contributed by atoms with E-state index in [1.165, 1.54) is 0 Å². The Morgan fingerprint density at radius 1 is 0.788 bits per heavy atom. The van der Waals surface area contributed by atoms with Gasteiger partial charge in [-0.15, -0.1) is 0 Å². The van der Waals surface area contributed by atoms with Gasteiger partial charge in [0.25, 0.3) is 0 Å². The van der Waals surface area contributed by atoms with Gasteiger partial charge in [0, 0.05) is 16.4 Å². The summed E-state index contributed by atoms with van der Waals surface area (Å²) >= 11 is -3.58. The van der Waals surface area contributed by atoms with E-state index >= 15 is 0 Å². The minimum absolute atomic E-state index is 0.203. The maximum absolute atomic E-state index is 11.8. The van der Waals surface area contributed by atoms with Crippen LogP contribution in [0.5, 0.6) is 5.75 Å². The van der Waals surface area contributed by atoms with E-state index in [4.69, 9.17) is 15.4 Å². The van der Waals surface area contributed by atoms with Gasteiger partial charge in [0.15, 0.2) is 0 Å². The molecule has 0 saturated heterocycles. The van der Waals surface area contributed by atoms with Gasteiger partial charge < -0.3 is 4.74 Å². The number of carbonyl (C=O) groups is 2. The van der Waals surface area contributed by atoms with Crippen molar-refractivity contribution in [2.24, 2.45) is 0 Å². The molecule has 0 spiro atoms. The summed E-state index contributed by atoms with van der Waals surface area (Å²) in [7, 11) is 0. The normalized spacial score (nSPS) is 11.1. The predicted molar refractivity (Wildman–Crippen MR) is 120 cm³/mol. The summed E-state index contributed by atoms with van der Waals surface area (Å²) in [6.07, 6.45) is 0.203. The van der Waals surface area contributed by atoms with Crippen LogP contribution in [0.2, 0.25) is 0 Å². The summed E-state index contributed by atoms with van der Waals surface area (Å²) < 4.78 is 28.7. The van der Waals surface area contributed by atoms with Gasteiger partial charge in [-0.05, 0) is 22.8 Å². The number of esters is 1. The average Bonchev–Trinajstić information content (AvgIpc) is 2.79. The first-order chi connectivity index (χ1) is 15.5. The summed E-state index contributed by atoms with van der Waals surface area (Å²) in [5.41, 5.74) is 3.40. The molecule has 33 heavy (non-hydrogen) atoms. The van der Waals surface area contributed by atoms with Gasteiger partial charge in [-0.3, -0.25) is 4.79 Å². The molecule has 0 fully saturated rings. The standard InChI is InChI=1S/C26H26O3.2H2O.O.Ti/c1-25(2,19-12-7-5-8-13-19)21-16-11-17-22(29-23(28)18-27)24(21)26(3,4)20-14-9-6-10-15-20;;;;/h5-18H,1-4H3;2*1H2;;/q;;;;+2/p-2. The molecule has 0 radical (unpaired) electrons. The Morgan fingerprint density at radius 2 is 1.24 bits per heavy atom. The van der Waals surface area contributed by atoms with E-state index in [2.05, 4.69) is 58.0 Å². The molecule has 0 aliphatic carbocycles. The van der Waals surface area contributed by atoms with Gasteiger partial charge in [-0.2, -0.15) is 0 Å². The van der Waals surface area contributed by atoms with Gasteiger partial charge in [0.1, 0.15) is 5.75 Å². The van der Waals surface area contributed by atoms with E-state index in [9.17, 15) is 9.59 Å². The van der Waals surface area contributed by atoms with E-state index in [-0.39, 0.29) is 11.7 Å². The molecule has 6 nitrogen and oxygen atoms in total. The molecule has 0 bridgehead atoms. The number of rotatable bonds is 6. The quantitative estimate of drug-likeness (QED) is 0.179. The number of ether oxygens (including phenoxy) is 1. The summed E-state index contributed by atoms with van der Waals surface area (Å²) in [6.45, 7) is 8.54. The van der Waals surface area contributed by atoms with Crippen molar-refractivity contribution in [1.29, 1.82) is 0 Å². The maximum atomic E-state index is 11.8. The van der Waals surface area contributed by atoms with Crippen molar-refractivity contribution in [3.63, 3.8) is 0 Å². The van der Waals surface area contributed by atoms with Crippen LogP contribution in [-0.4, -0.2) is 19.6 Å². The van der Waals surface area contributed by atoms with Gasteiger partial charge in [0.2, 0.25) is 6.29 Å². The number of hydrogen-bond acceptors (Lipinski definition) is 4. The SMILES string of the molecule is CC(C)(c1ccccc1)c1cccc(OC(=O)C=O)c1C(C)(C)c1ccccc1.[O]=[Ti]([OH])[OH]. The molecule has 0 heterocycles. The summed E-state index contributed by atoms with van der Waals surface area (Å²) in [4.78, 5) is 22.8. The second-order valence-corrected chi connectivity index (χ2v) is 9.36. The zero-order valence-corrected chi connectivity index (χ0v) is 20.7. The molecule has 3 aromatic carbocycles. The zero-order valence-electron chi connectivity index (χ0n) is 19.1. The Hall–Kier alpha value is -2.77. The van der Waals surface area contributed by atoms with E-state index in [0.29, 0.717) is 5.75 Å². The van der Waals surface area contributed by atoms with E-state index < -0.39 is 30.0 Å². The molecule has 3 rings (SSSR count). The number of hydrogen-bond donors (Lipinski definition) is 2. The molecular weight excluding hydrogens is 456 g/mol. The van der Waals surface area contributed by atoms with E-state index in [1.54, 1.807) is 6.07 Å². The Bertz CT molecular complexity index is 1100. The molecule has 7 heteroatoms. The Kier molecular flexibility index (Phi) is 9.14. The Labute approximate surface area is 201 Å². The second kappa shape index (κ2) is 11.4. The molecule has 0 aliphatic rings. The van der Waals surface area contributed by atoms with Gasteiger partial charge >= 0.3 is 35.3 Å². The van der Waals surface area contributed by atoms with E-state index in [1.807, 2.05) is 42.5 Å². The van der Waals surface area contributed by atoms with Crippen molar-refractivity contribution >= 4 is 12.3 Å². The molecule has 0 atom stereocenters. The average molecular weight is 484 g/mol. The molecule has 172 valence electrons. The third kappa shape index (κ3) is 6.62. The first kappa shape index (κ1) is 26.5.